The SMILES string of the molecule is Cc1ncc(CNC(=O)c2ccc(C(=O)O)cc2C(F)(F)F)n1C. The number of aromatic carboxylic acids is 1. The summed E-state index contributed by atoms with van der Waals surface area (Å²) in [5.74, 6) is -1.75. The molecule has 0 aliphatic carbocycles. The van der Waals surface area contributed by atoms with Crippen LogP contribution in [-0.4, -0.2) is 26.5 Å². The van der Waals surface area contributed by atoms with Crippen LogP contribution in [0.2, 0.25) is 0 Å². The number of benzene rings is 1. The van der Waals surface area contributed by atoms with E-state index in [2.05, 4.69) is 10.3 Å². The summed E-state index contributed by atoms with van der Waals surface area (Å²) < 4.78 is 41.0. The summed E-state index contributed by atoms with van der Waals surface area (Å²) in [6.07, 6.45) is -3.34. The largest absolute Gasteiger partial charge is 0.478 e. The quantitative estimate of drug-likeness (QED) is 0.894. The number of nitrogens with one attached hydrogen (secondary N) is 1. The van der Waals surface area contributed by atoms with Crippen LogP contribution in [0.4, 0.5) is 13.2 Å². The minimum Gasteiger partial charge on any atom is -0.478 e. The average Bonchev–Trinajstić information content (AvgIpc) is 2.82. The molecule has 9 heteroatoms. The molecule has 1 amide bonds. The Morgan fingerprint density at radius 1 is 1.33 bits per heavy atom. The third-order valence-electron chi connectivity index (χ3n) is 3.56. The molecular weight excluding hydrogens is 327 g/mol. The van der Waals surface area contributed by atoms with E-state index in [0.717, 1.165) is 12.1 Å². The molecule has 2 rings (SSSR count). The fourth-order valence-electron chi connectivity index (χ4n) is 2.09. The normalized spacial score (nSPS) is 11.4. The summed E-state index contributed by atoms with van der Waals surface area (Å²) in [7, 11) is 1.71. The molecule has 1 aromatic carbocycles. The summed E-state index contributed by atoms with van der Waals surface area (Å²) in [4.78, 5) is 27.0. The number of carboxylic acids is 1. The van der Waals surface area contributed by atoms with Gasteiger partial charge in [-0.1, -0.05) is 0 Å². The molecule has 6 nitrogen and oxygen atoms in total. The van der Waals surface area contributed by atoms with Gasteiger partial charge < -0.3 is 15.0 Å². The number of imidazole rings is 1. The Labute approximate surface area is 134 Å². The van der Waals surface area contributed by atoms with Crippen LogP contribution in [-0.2, 0) is 19.8 Å². The Balaban J connectivity index is 2.28. The van der Waals surface area contributed by atoms with E-state index in [4.69, 9.17) is 5.11 Å². The van der Waals surface area contributed by atoms with E-state index < -0.39 is 34.7 Å². The van der Waals surface area contributed by atoms with Crippen LogP contribution in [0.1, 0.15) is 37.8 Å². The molecule has 0 aliphatic heterocycles. The van der Waals surface area contributed by atoms with E-state index in [1.54, 1.807) is 18.5 Å². The number of carboxylic acid groups (broad SMARTS) is 1. The molecule has 24 heavy (non-hydrogen) atoms. The van der Waals surface area contributed by atoms with Crippen LogP contribution in [0.15, 0.2) is 24.4 Å². The van der Waals surface area contributed by atoms with Gasteiger partial charge in [0, 0.05) is 7.05 Å². The zero-order valence-electron chi connectivity index (χ0n) is 12.8. The number of carbonyl (C=O) groups is 2. The van der Waals surface area contributed by atoms with Crippen molar-refractivity contribution in [1.82, 2.24) is 14.9 Å². The molecule has 2 N–H and O–H groups in total. The van der Waals surface area contributed by atoms with Gasteiger partial charge in [0.15, 0.2) is 0 Å². The maximum absolute atomic E-state index is 13.1. The van der Waals surface area contributed by atoms with E-state index >= 15 is 0 Å². The molecule has 0 aliphatic rings. The van der Waals surface area contributed by atoms with Crippen molar-refractivity contribution in [3.63, 3.8) is 0 Å². The molecule has 1 heterocycles. The Morgan fingerprint density at radius 3 is 2.50 bits per heavy atom. The van der Waals surface area contributed by atoms with Crippen molar-refractivity contribution in [2.24, 2.45) is 7.05 Å². The number of hydrogen-bond donors (Lipinski definition) is 2. The highest BCUT2D eigenvalue weighted by Crippen LogP contribution is 2.32. The van der Waals surface area contributed by atoms with Crippen LogP contribution >= 0.6 is 0 Å². The molecule has 0 spiro atoms. The Bertz CT molecular complexity index is 797. The number of nitrogens with zero attached hydrogens (tertiary/aromatic N) is 2. The zero-order valence-corrected chi connectivity index (χ0v) is 12.8. The van der Waals surface area contributed by atoms with E-state index in [9.17, 15) is 22.8 Å². The molecule has 0 saturated heterocycles. The summed E-state index contributed by atoms with van der Waals surface area (Å²) in [6.45, 7) is 1.74. The molecule has 0 saturated carbocycles. The smallest absolute Gasteiger partial charge is 0.417 e. The number of hydrogen-bond acceptors (Lipinski definition) is 3. The van der Waals surface area contributed by atoms with Crippen molar-refractivity contribution in [2.75, 3.05) is 0 Å². The maximum atomic E-state index is 13.1. The van der Waals surface area contributed by atoms with E-state index in [1.807, 2.05) is 0 Å². The minimum atomic E-state index is -4.85. The van der Waals surface area contributed by atoms with Crippen molar-refractivity contribution in [3.8, 4) is 0 Å². The number of aromatic nitrogens is 2. The van der Waals surface area contributed by atoms with Crippen molar-refractivity contribution < 1.29 is 27.9 Å². The first-order valence-electron chi connectivity index (χ1n) is 6.81. The summed E-state index contributed by atoms with van der Waals surface area (Å²) in [5.41, 5.74) is -1.84. The summed E-state index contributed by atoms with van der Waals surface area (Å²) >= 11 is 0. The first-order chi connectivity index (χ1) is 11.1. The van der Waals surface area contributed by atoms with E-state index in [0.29, 0.717) is 17.6 Å². The number of rotatable bonds is 4. The van der Waals surface area contributed by atoms with E-state index in [1.165, 1.54) is 6.20 Å². The molecule has 0 radical (unpaired) electrons. The van der Waals surface area contributed by atoms with Crippen molar-refractivity contribution in [3.05, 3.63) is 52.6 Å². The number of alkyl halides is 3. The second kappa shape index (κ2) is 6.34. The van der Waals surface area contributed by atoms with Crippen LogP contribution in [0.3, 0.4) is 0 Å². The highest BCUT2D eigenvalue weighted by Gasteiger charge is 2.36. The predicted molar refractivity (Wildman–Crippen MR) is 77.5 cm³/mol. The van der Waals surface area contributed by atoms with Gasteiger partial charge >= 0.3 is 12.1 Å². The lowest BCUT2D eigenvalue weighted by Gasteiger charge is -2.14. The number of carbonyl (C=O) groups excluding carboxylic acids is 1. The average molecular weight is 341 g/mol. The fraction of sp³-hybridized carbons (Fsp3) is 0.267. The van der Waals surface area contributed by atoms with Crippen LogP contribution in [0, 0.1) is 6.92 Å². The molecule has 1 aromatic heterocycles. The summed E-state index contributed by atoms with van der Waals surface area (Å²) in [5, 5.41) is 11.2. The maximum Gasteiger partial charge on any atom is 0.417 e. The topological polar surface area (TPSA) is 84.2 Å². The monoisotopic (exact) mass is 341 g/mol. The van der Waals surface area contributed by atoms with Gasteiger partial charge in [-0.3, -0.25) is 4.79 Å². The van der Waals surface area contributed by atoms with Gasteiger partial charge in [-0.25, -0.2) is 9.78 Å². The van der Waals surface area contributed by atoms with Gasteiger partial charge in [-0.15, -0.1) is 0 Å². The molecular formula is C15H14F3N3O3. The third kappa shape index (κ3) is 3.55. The highest BCUT2D eigenvalue weighted by molar-refractivity contribution is 5.97. The number of halogens is 3. The second-order valence-electron chi connectivity index (χ2n) is 5.10. The fourth-order valence-corrected chi connectivity index (χ4v) is 2.09. The third-order valence-corrected chi connectivity index (χ3v) is 3.56. The van der Waals surface area contributed by atoms with Gasteiger partial charge in [0.1, 0.15) is 5.82 Å². The molecule has 0 fully saturated rings. The molecule has 2 aromatic rings. The lowest BCUT2D eigenvalue weighted by molar-refractivity contribution is -0.137. The molecule has 0 bridgehead atoms. The Kier molecular flexibility index (Phi) is 4.63. The molecule has 128 valence electrons. The standard InChI is InChI=1S/C15H14F3N3O3/c1-8-19-6-10(21(8)2)7-20-13(22)11-4-3-9(14(23)24)5-12(11)15(16,17)18/h3-6H,7H2,1-2H3,(H,20,22)(H,23,24). The first kappa shape index (κ1) is 17.5. The molecule has 0 atom stereocenters. The van der Waals surface area contributed by atoms with Gasteiger partial charge in [0.2, 0.25) is 0 Å². The Morgan fingerprint density at radius 2 is 2.00 bits per heavy atom. The Hall–Kier alpha value is -2.84. The van der Waals surface area contributed by atoms with Crippen molar-refractivity contribution in [1.29, 1.82) is 0 Å². The lowest BCUT2D eigenvalue weighted by atomic mass is 10.0. The number of aryl methyl sites for hydroxylation is 1. The van der Waals surface area contributed by atoms with Crippen LogP contribution in [0.5, 0.6) is 0 Å². The van der Waals surface area contributed by atoms with Gasteiger partial charge in [-0.2, -0.15) is 13.2 Å². The number of amides is 1. The van der Waals surface area contributed by atoms with E-state index in [-0.39, 0.29) is 6.54 Å². The second-order valence-corrected chi connectivity index (χ2v) is 5.10. The first-order valence-corrected chi connectivity index (χ1v) is 6.81. The lowest BCUT2D eigenvalue weighted by Crippen LogP contribution is -2.27. The van der Waals surface area contributed by atoms with Crippen LogP contribution in [0.25, 0.3) is 0 Å². The van der Waals surface area contributed by atoms with Crippen molar-refractivity contribution >= 4 is 11.9 Å². The zero-order chi connectivity index (χ0) is 18.1. The summed E-state index contributed by atoms with van der Waals surface area (Å²) in [6, 6.07) is 2.27. The van der Waals surface area contributed by atoms with Gasteiger partial charge in [0.05, 0.1) is 35.1 Å². The minimum absolute atomic E-state index is 0.00580. The van der Waals surface area contributed by atoms with Crippen LogP contribution < -0.4 is 5.32 Å². The molecule has 0 unspecified atom stereocenters. The van der Waals surface area contributed by atoms with Crippen molar-refractivity contribution in [2.45, 2.75) is 19.6 Å². The van der Waals surface area contributed by atoms with Gasteiger partial charge in [0.25, 0.3) is 5.91 Å². The van der Waals surface area contributed by atoms with Gasteiger partial charge in [-0.05, 0) is 25.1 Å². The highest BCUT2D eigenvalue weighted by atomic mass is 19.4. The predicted octanol–water partition coefficient (Wildman–Crippen LogP) is 2.38.